The Kier molecular flexibility index (Phi) is 3.50. The first-order valence-electron chi connectivity index (χ1n) is 6.34. The van der Waals surface area contributed by atoms with Crippen molar-refractivity contribution in [3.05, 3.63) is 71.7 Å². The molecule has 22 heavy (non-hydrogen) atoms. The number of halogens is 3. The van der Waals surface area contributed by atoms with Gasteiger partial charge in [0.05, 0.1) is 5.56 Å². The van der Waals surface area contributed by atoms with Crippen LogP contribution in [0.5, 0.6) is 0 Å². The van der Waals surface area contributed by atoms with E-state index in [4.69, 9.17) is 0 Å². The molecule has 0 bridgehead atoms. The molecule has 0 atom stereocenters. The molecule has 0 saturated carbocycles. The van der Waals surface area contributed by atoms with Gasteiger partial charge in [-0.2, -0.15) is 5.10 Å². The van der Waals surface area contributed by atoms with Crippen molar-refractivity contribution in [3.8, 4) is 16.9 Å². The van der Waals surface area contributed by atoms with Crippen LogP contribution >= 0.6 is 0 Å². The van der Waals surface area contributed by atoms with Crippen LogP contribution in [-0.4, -0.2) is 16.1 Å². The average Bonchev–Trinajstić information content (AvgIpc) is 2.92. The molecule has 6 heteroatoms. The van der Waals surface area contributed by atoms with Crippen LogP contribution in [0.2, 0.25) is 0 Å². The molecule has 0 aliphatic heterocycles. The van der Waals surface area contributed by atoms with Crippen molar-refractivity contribution in [3.63, 3.8) is 0 Å². The molecule has 0 radical (unpaired) electrons. The maximum atomic E-state index is 13.8. The van der Waals surface area contributed by atoms with Crippen molar-refractivity contribution in [1.29, 1.82) is 0 Å². The lowest BCUT2D eigenvalue weighted by molar-refractivity contribution is 0.112. The molecule has 1 aromatic heterocycles. The number of carbonyl (C=O) groups is 1. The predicted molar refractivity (Wildman–Crippen MR) is 74.3 cm³/mol. The molecule has 0 spiro atoms. The first-order valence-corrected chi connectivity index (χ1v) is 6.34. The van der Waals surface area contributed by atoms with Crippen LogP contribution < -0.4 is 0 Å². The lowest BCUT2D eigenvalue weighted by atomic mass is 10.1. The lowest BCUT2D eigenvalue weighted by Crippen LogP contribution is -1.99. The second-order valence-electron chi connectivity index (χ2n) is 4.60. The minimum Gasteiger partial charge on any atom is -0.298 e. The van der Waals surface area contributed by atoms with E-state index in [1.165, 1.54) is 36.5 Å². The molecule has 0 aliphatic rings. The summed E-state index contributed by atoms with van der Waals surface area (Å²) >= 11 is 0. The highest BCUT2D eigenvalue weighted by molar-refractivity contribution is 5.85. The molecular weight excluding hydrogens is 293 g/mol. The number of aldehydes is 1. The topological polar surface area (TPSA) is 34.9 Å². The summed E-state index contributed by atoms with van der Waals surface area (Å²) in [5.74, 6) is -1.92. The summed E-state index contributed by atoms with van der Waals surface area (Å²) in [7, 11) is 0. The van der Waals surface area contributed by atoms with Gasteiger partial charge >= 0.3 is 0 Å². The van der Waals surface area contributed by atoms with Crippen molar-refractivity contribution in [2.45, 2.75) is 0 Å². The normalized spacial score (nSPS) is 10.7. The van der Waals surface area contributed by atoms with Crippen LogP contribution in [0, 0.1) is 17.5 Å². The summed E-state index contributed by atoms with van der Waals surface area (Å²) in [5, 5.41) is 4.14. The van der Waals surface area contributed by atoms with E-state index >= 15 is 0 Å². The molecule has 0 aliphatic carbocycles. The number of benzene rings is 2. The maximum absolute atomic E-state index is 13.8. The van der Waals surface area contributed by atoms with Gasteiger partial charge in [-0.3, -0.25) is 4.79 Å². The Labute approximate surface area is 123 Å². The summed E-state index contributed by atoms with van der Waals surface area (Å²) in [5.41, 5.74) is 1.04. The number of hydrogen-bond acceptors (Lipinski definition) is 2. The Morgan fingerprint density at radius 2 is 1.64 bits per heavy atom. The highest BCUT2D eigenvalue weighted by Gasteiger charge is 2.14. The molecule has 0 amide bonds. The highest BCUT2D eigenvalue weighted by Crippen LogP contribution is 2.24. The fourth-order valence-electron chi connectivity index (χ4n) is 2.10. The van der Waals surface area contributed by atoms with Crippen molar-refractivity contribution in [2.75, 3.05) is 0 Å². The summed E-state index contributed by atoms with van der Waals surface area (Å²) in [6.07, 6.45) is 1.91. The maximum Gasteiger partial charge on any atom is 0.153 e. The third-order valence-electron chi connectivity index (χ3n) is 3.14. The van der Waals surface area contributed by atoms with Crippen LogP contribution in [0.1, 0.15) is 10.4 Å². The standard InChI is InChI=1S/C16H9F3N2O/c17-12-3-1-10(2-4-12)16-11(9-22)8-21(20-16)15-6-5-13(18)7-14(15)19/h1-9H. The van der Waals surface area contributed by atoms with Crippen LogP contribution in [0.15, 0.2) is 48.7 Å². The van der Waals surface area contributed by atoms with Gasteiger partial charge in [-0.15, -0.1) is 0 Å². The van der Waals surface area contributed by atoms with Gasteiger partial charge in [0, 0.05) is 17.8 Å². The van der Waals surface area contributed by atoms with Crippen molar-refractivity contribution >= 4 is 6.29 Å². The van der Waals surface area contributed by atoms with Crippen molar-refractivity contribution < 1.29 is 18.0 Å². The molecule has 0 saturated heterocycles. The van der Waals surface area contributed by atoms with Crippen LogP contribution in [0.25, 0.3) is 16.9 Å². The van der Waals surface area contributed by atoms with Gasteiger partial charge in [0.15, 0.2) is 12.1 Å². The minimum absolute atomic E-state index is 0.0119. The van der Waals surface area contributed by atoms with E-state index in [2.05, 4.69) is 5.10 Å². The zero-order chi connectivity index (χ0) is 15.7. The van der Waals surface area contributed by atoms with Gasteiger partial charge in [0.25, 0.3) is 0 Å². The van der Waals surface area contributed by atoms with E-state index in [0.29, 0.717) is 17.5 Å². The van der Waals surface area contributed by atoms with Crippen LogP contribution in [-0.2, 0) is 0 Å². The highest BCUT2D eigenvalue weighted by atomic mass is 19.1. The Morgan fingerprint density at radius 1 is 0.955 bits per heavy atom. The Hall–Kier alpha value is -2.89. The lowest BCUT2D eigenvalue weighted by Gasteiger charge is -2.03. The third-order valence-corrected chi connectivity index (χ3v) is 3.14. The summed E-state index contributed by atoms with van der Waals surface area (Å²) in [6.45, 7) is 0. The SMILES string of the molecule is O=Cc1cn(-c2ccc(F)cc2F)nc1-c1ccc(F)cc1. The zero-order valence-electron chi connectivity index (χ0n) is 11.1. The monoisotopic (exact) mass is 302 g/mol. The molecule has 2 aromatic carbocycles. The smallest absolute Gasteiger partial charge is 0.153 e. The average molecular weight is 302 g/mol. The van der Waals surface area contributed by atoms with E-state index < -0.39 is 17.5 Å². The third kappa shape index (κ3) is 2.50. The van der Waals surface area contributed by atoms with E-state index in [1.54, 1.807) is 0 Å². The number of hydrogen-bond donors (Lipinski definition) is 0. The van der Waals surface area contributed by atoms with Crippen LogP contribution in [0.3, 0.4) is 0 Å². The van der Waals surface area contributed by atoms with Gasteiger partial charge in [-0.25, -0.2) is 17.9 Å². The van der Waals surface area contributed by atoms with E-state index in [-0.39, 0.29) is 11.3 Å². The molecular formula is C16H9F3N2O. The Bertz CT molecular complexity index is 841. The molecule has 0 N–H and O–H groups in total. The minimum atomic E-state index is -0.800. The molecule has 3 rings (SSSR count). The quantitative estimate of drug-likeness (QED) is 0.690. The molecule has 0 fully saturated rings. The second-order valence-corrected chi connectivity index (χ2v) is 4.60. The fraction of sp³-hybridized carbons (Fsp3) is 0. The molecule has 3 nitrogen and oxygen atoms in total. The first kappa shape index (κ1) is 14.1. The fourth-order valence-corrected chi connectivity index (χ4v) is 2.10. The Balaban J connectivity index is 2.12. The number of carbonyl (C=O) groups excluding carboxylic acids is 1. The Morgan fingerprint density at radius 3 is 2.27 bits per heavy atom. The van der Waals surface area contributed by atoms with E-state index in [9.17, 15) is 18.0 Å². The zero-order valence-corrected chi connectivity index (χ0v) is 11.1. The molecule has 1 heterocycles. The van der Waals surface area contributed by atoms with Gasteiger partial charge < -0.3 is 0 Å². The van der Waals surface area contributed by atoms with Crippen molar-refractivity contribution in [2.24, 2.45) is 0 Å². The van der Waals surface area contributed by atoms with E-state index in [1.807, 2.05) is 0 Å². The van der Waals surface area contributed by atoms with Gasteiger partial charge in [-0.1, -0.05) is 0 Å². The number of nitrogens with zero attached hydrogens (tertiary/aromatic N) is 2. The second kappa shape index (κ2) is 5.48. The van der Waals surface area contributed by atoms with Crippen LogP contribution in [0.4, 0.5) is 13.2 Å². The largest absolute Gasteiger partial charge is 0.298 e. The summed E-state index contributed by atoms with van der Waals surface area (Å²) < 4.78 is 40.9. The number of aromatic nitrogens is 2. The summed E-state index contributed by atoms with van der Waals surface area (Å²) in [6, 6.07) is 8.46. The van der Waals surface area contributed by atoms with E-state index in [0.717, 1.165) is 16.8 Å². The molecule has 110 valence electrons. The number of rotatable bonds is 3. The van der Waals surface area contributed by atoms with Gasteiger partial charge in [-0.05, 0) is 36.4 Å². The first-order chi connectivity index (χ1) is 10.6. The van der Waals surface area contributed by atoms with Gasteiger partial charge in [0.1, 0.15) is 23.0 Å². The van der Waals surface area contributed by atoms with Crippen molar-refractivity contribution in [1.82, 2.24) is 9.78 Å². The molecule has 3 aromatic rings. The molecule has 0 unspecified atom stereocenters. The van der Waals surface area contributed by atoms with Gasteiger partial charge in [0.2, 0.25) is 0 Å². The summed E-state index contributed by atoms with van der Waals surface area (Å²) in [4.78, 5) is 11.2. The predicted octanol–water partition coefficient (Wildman–Crippen LogP) is 3.77.